The van der Waals surface area contributed by atoms with Crippen molar-refractivity contribution >= 4 is 5.78 Å². The number of ketones is 1. The monoisotopic (exact) mass is 418 g/mol. The third kappa shape index (κ3) is 5.82. The SMILES string of the molecule is CCCCC(CC)(C(=O)c1ccc(OCCN2CCOCC2)cc1)N1CCOCC1. The van der Waals surface area contributed by atoms with Gasteiger partial charge in [-0.1, -0.05) is 26.7 Å². The van der Waals surface area contributed by atoms with Crippen LogP contribution in [-0.4, -0.2) is 86.9 Å². The first-order valence-electron chi connectivity index (χ1n) is 11.6. The number of morpholine rings is 2. The second-order valence-corrected chi connectivity index (χ2v) is 8.24. The van der Waals surface area contributed by atoms with Gasteiger partial charge >= 0.3 is 0 Å². The van der Waals surface area contributed by atoms with Crippen LogP contribution in [0.4, 0.5) is 0 Å². The van der Waals surface area contributed by atoms with Crippen LogP contribution in [-0.2, 0) is 9.47 Å². The predicted octanol–water partition coefficient (Wildman–Crippen LogP) is 3.25. The summed E-state index contributed by atoms with van der Waals surface area (Å²) >= 11 is 0. The smallest absolute Gasteiger partial charge is 0.183 e. The fraction of sp³-hybridized carbons (Fsp3) is 0.708. The van der Waals surface area contributed by atoms with E-state index in [9.17, 15) is 4.79 Å². The van der Waals surface area contributed by atoms with E-state index in [1.54, 1.807) is 0 Å². The molecule has 0 radical (unpaired) electrons. The number of Topliss-reactive ketones (excluding diaryl/α,β-unsaturated/α-hetero) is 1. The third-order valence-electron chi connectivity index (χ3n) is 6.46. The van der Waals surface area contributed by atoms with Crippen LogP contribution in [0, 0.1) is 0 Å². The van der Waals surface area contributed by atoms with E-state index in [2.05, 4.69) is 23.6 Å². The van der Waals surface area contributed by atoms with E-state index < -0.39 is 5.54 Å². The standard InChI is InChI=1S/C24H38N2O4/c1-3-5-10-24(4-2,26-14-18-29-19-15-26)23(27)21-6-8-22(9-7-21)30-20-13-25-11-16-28-17-12-25/h6-9H,3-5,10-20H2,1-2H3. The minimum Gasteiger partial charge on any atom is -0.492 e. The van der Waals surface area contributed by atoms with Gasteiger partial charge in [-0.15, -0.1) is 0 Å². The zero-order chi connectivity index (χ0) is 21.2. The first-order chi connectivity index (χ1) is 14.7. The molecule has 2 heterocycles. The molecule has 2 aliphatic heterocycles. The van der Waals surface area contributed by atoms with Crippen LogP contribution in [0.25, 0.3) is 0 Å². The number of unbranched alkanes of at least 4 members (excludes halogenated alkanes) is 1. The maximum absolute atomic E-state index is 13.7. The molecule has 0 bridgehead atoms. The lowest BCUT2D eigenvalue weighted by Crippen LogP contribution is -2.58. The second-order valence-electron chi connectivity index (χ2n) is 8.24. The van der Waals surface area contributed by atoms with E-state index in [0.717, 1.165) is 82.9 Å². The van der Waals surface area contributed by atoms with Crippen LogP contribution in [0.15, 0.2) is 24.3 Å². The molecule has 0 amide bonds. The minimum atomic E-state index is -0.432. The zero-order valence-corrected chi connectivity index (χ0v) is 18.7. The molecule has 168 valence electrons. The van der Waals surface area contributed by atoms with Crippen molar-refractivity contribution in [2.45, 2.75) is 45.1 Å². The van der Waals surface area contributed by atoms with Gasteiger partial charge in [0.1, 0.15) is 12.4 Å². The molecule has 0 saturated carbocycles. The molecule has 0 N–H and O–H groups in total. The van der Waals surface area contributed by atoms with Crippen LogP contribution in [0.1, 0.15) is 49.9 Å². The van der Waals surface area contributed by atoms with Crippen molar-refractivity contribution < 1.29 is 19.0 Å². The summed E-state index contributed by atoms with van der Waals surface area (Å²) in [6.45, 7) is 12.5. The molecule has 0 aromatic heterocycles. The Morgan fingerprint density at radius 1 is 1.00 bits per heavy atom. The Labute approximate surface area is 181 Å². The zero-order valence-electron chi connectivity index (χ0n) is 18.7. The minimum absolute atomic E-state index is 0.236. The first kappa shape index (κ1) is 23.2. The molecule has 0 spiro atoms. The Morgan fingerprint density at radius 3 is 2.23 bits per heavy atom. The lowest BCUT2D eigenvalue weighted by Gasteiger charge is -2.44. The quantitative estimate of drug-likeness (QED) is 0.514. The van der Waals surface area contributed by atoms with Gasteiger partial charge in [-0.05, 0) is 37.1 Å². The number of rotatable bonds is 11. The van der Waals surface area contributed by atoms with Crippen LogP contribution in [0.2, 0.25) is 0 Å². The van der Waals surface area contributed by atoms with Crippen molar-refractivity contribution in [2.75, 3.05) is 65.8 Å². The Balaban J connectivity index is 1.63. The molecule has 1 unspecified atom stereocenters. The Morgan fingerprint density at radius 2 is 1.63 bits per heavy atom. The molecule has 1 aromatic rings. The van der Waals surface area contributed by atoms with E-state index in [-0.39, 0.29) is 5.78 Å². The van der Waals surface area contributed by atoms with E-state index in [0.29, 0.717) is 19.8 Å². The Kier molecular flexibility index (Phi) is 9.12. The van der Waals surface area contributed by atoms with Crippen molar-refractivity contribution in [1.82, 2.24) is 9.80 Å². The highest BCUT2D eigenvalue weighted by molar-refractivity contribution is 6.03. The Bertz CT molecular complexity index is 639. The number of carbonyl (C=O) groups excluding carboxylic acids is 1. The molecule has 1 atom stereocenters. The van der Waals surface area contributed by atoms with E-state index in [1.165, 1.54) is 0 Å². The molecule has 2 fully saturated rings. The lowest BCUT2D eigenvalue weighted by molar-refractivity contribution is -0.0195. The second kappa shape index (κ2) is 11.8. The van der Waals surface area contributed by atoms with Crippen LogP contribution >= 0.6 is 0 Å². The molecular weight excluding hydrogens is 380 g/mol. The van der Waals surface area contributed by atoms with Gasteiger partial charge in [0.15, 0.2) is 5.78 Å². The molecular formula is C24H38N2O4. The molecule has 2 aliphatic rings. The predicted molar refractivity (Wildman–Crippen MR) is 118 cm³/mol. The summed E-state index contributed by atoms with van der Waals surface area (Å²) < 4.78 is 16.8. The summed E-state index contributed by atoms with van der Waals surface area (Å²) in [5.41, 5.74) is 0.346. The molecule has 2 saturated heterocycles. The first-order valence-corrected chi connectivity index (χ1v) is 11.6. The molecule has 0 aliphatic carbocycles. The van der Waals surface area contributed by atoms with Crippen molar-refractivity contribution in [2.24, 2.45) is 0 Å². The van der Waals surface area contributed by atoms with Gasteiger partial charge in [0.05, 0.1) is 32.0 Å². The fourth-order valence-electron chi connectivity index (χ4n) is 4.53. The summed E-state index contributed by atoms with van der Waals surface area (Å²) in [5, 5.41) is 0. The number of ether oxygens (including phenoxy) is 3. The summed E-state index contributed by atoms with van der Waals surface area (Å²) in [5.74, 6) is 1.06. The van der Waals surface area contributed by atoms with Gasteiger partial charge in [0.25, 0.3) is 0 Å². The average molecular weight is 419 g/mol. The molecule has 6 nitrogen and oxygen atoms in total. The summed E-state index contributed by atoms with van der Waals surface area (Å²) in [6.07, 6.45) is 3.87. The number of hydrogen-bond acceptors (Lipinski definition) is 6. The number of benzene rings is 1. The topological polar surface area (TPSA) is 51.2 Å². The highest BCUT2D eigenvalue weighted by Gasteiger charge is 2.42. The van der Waals surface area contributed by atoms with E-state index in [1.807, 2.05) is 24.3 Å². The molecule has 6 heteroatoms. The average Bonchev–Trinajstić information content (AvgIpc) is 2.81. The number of carbonyl (C=O) groups is 1. The van der Waals surface area contributed by atoms with Crippen LogP contribution < -0.4 is 4.74 Å². The van der Waals surface area contributed by atoms with Gasteiger partial charge in [-0.2, -0.15) is 0 Å². The van der Waals surface area contributed by atoms with E-state index in [4.69, 9.17) is 14.2 Å². The lowest BCUT2D eigenvalue weighted by atomic mass is 9.80. The number of hydrogen-bond donors (Lipinski definition) is 0. The van der Waals surface area contributed by atoms with Gasteiger partial charge < -0.3 is 14.2 Å². The highest BCUT2D eigenvalue weighted by atomic mass is 16.5. The fourth-order valence-corrected chi connectivity index (χ4v) is 4.53. The molecule has 3 rings (SSSR count). The van der Waals surface area contributed by atoms with Crippen molar-refractivity contribution in [1.29, 1.82) is 0 Å². The summed E-state index contributed by atoms with van der Waals surface area (Å²) in [4.78, 5) is 18.4. The third-order valence-corrected chi connectivity index (χ3v) is 6.46. The van der Waals surface area contributed by atoms with Crippen molar-refractivity contribution in [3.63, 3.8) is 0 Å². The normalized spacial score (nSPS) is 20.6. The van der Waals surface area contributed by atoms with Gasteiger partial charge in [0, 0.05) is 38.3 Å². The largest absolute Gasteiger partial charge is 0.492 e. The maximum Gasteiger partial charge on any atom is 0.183 e. The van der Waals surface area contributed by atoms with Gasteiger partial charge in [-0.25, -0.2) is 0 Å². The van der Waals surface area contributed by atoms with Crippen LogP contribution in [0.3, 0.4) is 0 Å². The van der Waals surface area contributed by atoms with Gasteiger partial charge in [0.2, 0.25) is 0 Å². The van der Waals surface area contributed by atoms with Crippen molar-refractivity contribution in [3.05, 3.63) is 29.8 Å². The number of nitrogens with zero attached hydrogens (tertiary/aromatic N) is 2. The van der Waals surface area contributed by atoms with Gasteiger partial charge in [-0.3, -0.25) is 14.6 Å². The Hall–Kier alpha value is -1.47. The summed E-state index contributed by atoms with van der Waals surface area (Å²) in [6, 6.07) is 7.74. The van der Waals surface area contributed by atoms with Crippen LogP contribution in [0.5, 0.6) is 5.75 Å². The summed E-state index contributed by atoms with van der Waals surface area (Å²) in [7, 11) is 0. The highest BCUT2D eigenvalue weighted by Crippen LogP contribution is 2.32. The molecule has 30 heavy (non-hydrogen) atoms. The maximum atomic E-state index is 13.7. The van der Waals surface area contributed by atoms with E-state index >= 15 is 0 Å². The molecule has 1 aromatic carbocycles. The van der Waals surface area contributed by atoms with Crippen molar-refractivity contribution in [3.8, 4) is 5.75 Å².